The standard InChI is InChI=1S/C12H14FN3O/c1-16(2)7-10-11(12(14)17-15-10)8-5-3-4-6-9(8)13/h3-6H,7,14H2,1-2H3. The molecule has 4 nitrogen and oxygen atoms in total. The van der Waals surface area contributed by atoms with Gasteiger partial charge < -0.3 is 15.2 Å². The van der Waals surface area contributed by atoms with Gasteiger partial charge in [-0.2, -0.15) is 0 Å². The van der Waals surface area contributed by atoms with Crippen molar-refractivity contribution < 1.29 is 8.91 Å². The summed E-state index contributed by atoms with van der Waals surface area (Å²) in [5.41, 5.74) is 7.30. The fourth-order valence-corrected chi connectivity index (χ4v) is 1.70. The van der Waals surface area contributed by atoms with E-state index in [4.69, 9.17) is 10.3 Å². The first-order chi connectivity index (χ1) is 8.09. The van der Waals surface area contributed by atoms with Crippen molar-refractivity contribution in [3.8, 4) is 11.1 Å². The van der Waals surface area contributed by atoms with Gasteiger partial charge in [0, 0.05) is 12.1 Å². The van der Waals surface area contributed by atoms with Gasteiger partial charge in [0.1, 0.15) is 11.5 Å². The molecule has 0 radical (unpaired) electrons. The minimum atomic E-state index is -0.331. The largest absolute Gasteiger partial charge is 0.367 e. The third-order valence-electron chi connectivity index (χ3n) is 2.40. The summed E-state index contributed by atoms with van der Waals surface area (Å²) in [7, 11) is 3.80. The van der Waals surface area contributed by atoms with Crippen molar-refractivity contribution in [3.05, 3.63) is 35.8 Å². The van der Waals surface area contributed by atoms with Gasteiger partial charge in [-0.1, -0.05) is 23.4 Å². The molecule has 0 atom stereocenters. The van der Waals surface area contributed by atoms with E-state index < -0.39 is 0 Å². The van der Waals surface area contributed by atoms with Crippen molar-refractivity contribution in [2.24, 2.45) is 0 Å². The lowest BCUT2D eigenvalue weighted by molar-refractivity contribution is 0.368. The van der Waals surface area contributed by atoms with E-state index in [1.165, 1.54) is 6.07 Å². The van der Waals surface area contributed by atoms with Gasteiger partial charge in [-0.3, -0.25) is 0 Å². The molecule has 0 fully saturated rings. The molecule has 2 N–H and O–H groups in total. The van der Waals surface area contributed by atoms with Crippen molar-refractivity contribution in [1.82, 2.24) is 10.1 Å². The highest BCUT2D eigenvalue weighted by Gasteiger charge is 2.18. The maximum atomic E-state index is 13.7. The Kier molecular flexibility index (Phi) is 3.10. The van der Waals surface area contributed by atoms with Gasteiger partial charge in [-0.05, 0) is 20.2 Å². The summed E-state index contributed by atoms with van der Waals surface area (Å²) < 4.78 is 18.7. The van der Waals surface area contributed by atoms with Crippen LogP contribution in [0.5, 0.6) is 0 Å². The van der Waals surface area contributed by atoms with Gasteiger partial charge in [-0.15, -0.1) is 0 Å². The lowest BCUT2D eigenvalue weighted by Crippen LogP contribution is -2.11. The van der Waals surface area contributed by atoms with E-state index in [1.54, 1.807) is 18.2 Å². The maximum absolute atomic E-state index is 13.7. The molecule has 0 spiro atoms. The number of nitrogens with two attached hydrogens (primary N) is 1. The monoisotopic (exact) mass is 235 g/mol. The fourth-order valence-electron chi connectivity index (χ4n) is 1.70. The first-order valence-electron chi connectivity index (χ1n) is 5.23. The molecular weight excluding hydrogens is 221 g/mol. The molecular formula is C12H14FN3O. The van der Waals surface area contributed by atoms with E-state index in [0.717, 1.165) is 0 Å². The van der Waals surface area contributed by atoms with Crippen molar-refractivity contribution in [2.75, 3.05) is 19.8 Å². The minimum Gasteiger partial charge on any atom is -0.367 e. The Labute approximate surface area is 98.8 Å². The summed E-state index contributed by atoms with van der Waals surface area (Å²) >= 11 is 0. The van der Waals surface area contributed by atoms with Crippen LogP contribution in [-0.2, 0) is 6.54 Å². The number of aromatic nitrogens is 1. The lowest BCUT2D eigenvalue weighted by atomic mass is 10.0. The van der Waals surface area contributed by atoms with Crippen LogP contribution in [0.4, 0.5) is 10.3 Å². The van der Waals surface area contributed by atoms with Gasteiger partial charge >= 0.3 is 0 Å². The molecule has 1 aromatic carbocycles. The van der Waals surface area contributed by atoms with Crippen LogP contribution in [0.15, 0.2) is 28.8 Å². The van der Waals surface area contributed by atoms with Crippen LogP contribution in [0.3, 0.4) is 0 Å². The number of hydrogen-bond acceptors (Lipinski definition) is 4. The highest BCUT2D eigenvalue weighted by molar-refractivity contribution is 5.75. The van der Waals surface area contributed by atoms with E-state index >= 15 is 0 Å². The van der Waals surface area contributed by atoms with Crippen molar-refractivity contribution in [3.63, 3.8) is 0 Å². The summed E-state index contributed by atoms with van der Waals surface area (Å²) in [5, 5.41) is 3.87. The summed E-state index contributed by atoms with van der Waals surface area (Å²) in [6, 6.07) is 6.44. The Bertz CT molecular complexity index is 522. The number of halogens is 1. The minimum absolute atomic E-state index is 0.145. The molecule has 0 saturated heterocycles. The number of anilines is 1. The fraction of sp³-hybridized carbons (Fsp3) is 0.250. The Hall–Kier alpha value is -1.88. The van der Waals surface area contributed by atoms with Crippen LogP contribution in [-0.4, -0.2) is 24.2 Å². The quantitative estimate of drug-likeness (QED) is 0.885. The number of nitrogen functional groups attached to an aromatic ring is 1. The second kappa shape index (κ2) is 4.55. The average Bonchev–Trinajstić information content (AvgIpc) is 2.60. The Morgan fingerprint density at radius 3 is 2.71 bits per heavy atom. The van der Waals surface area contributed by atoms with Gasteiger partial charge in [0.15, 0.2) is 0 Å². The number of benzene rings is 1. The molecule has 90 valence electrons. The molecule has 0 amide bonds. The number of nitrogens with zero attached hydrogens (tertiary/aromatic N) is 2. The van der Waals surface area contributed by atoms with E-state index in [0.29, 0.717) is 23.4 Å². The molecule has 0 aliphatic rings. The van der Waals surface area contributed by atoms with Crippen LogP contribution in [0, 0.1) is 5.82 Å². The second-order valence-corrected chi connectivity index (χ2v) is 4.09. The van der Waals surface area contributed by atoms with Gasteiger partial charge in [0.2, 0.25) is 5.88 Å². The molecule has 17 heavy (non-hydrogen) atoms. The van der Waals surface area contributed by atoms with Crippen LogP contribution >= 0.6 is 0 Å². The van der Waals surface area contributed by atoms with Gasteiger partial charge in [0.25, 0.3) is 0 Å². The highest BCUT2D eigenvalue weighted by atomic mass is 19.1. The summed E-state index contributed by atoms with van der Waals surface area (Å²) in [6.07, 6.45) is 0. The van der Waals surface area contributed by atoms with E-state index in [-0.39, 0.29) is 11.7 Å². The summed E-state index contributed by atoms with van der Waals surface area (Å²) in [4.78, 5) is 1.92. The third kappa shape index (κ3) is 2.29. The zero-order chi connectivity index (χ0) is 12.4. The van der Waals surface area contributed by atoms with Crippen LogP contribution in [0.1, 0.15) is 5.69 Å². The Morgan fingerprint density at radius 1 is 1.35 bits per heavy atom. The predicted molar refractivity (Wildman–Crippen MR) is 63.7 cm³/mol. The number of hydrogen-bond donors (Lipinski definition) is 1. The molecule has 0 saturated carbocycles. The van der Waals surface area contributed by atoms with Gasteiger partial charge in [-0.25, -0.2) is 4.39 Å². The highest BCUT2D eigenvalue weighted by Crippen LogP contribution is 2.31. The summed E-state index contributed by atoms with van der Waals surface area (Å²) in [6.45, 7) is 0.546. The normalized spacial score (nSPS) is 11.1. The maximum Gasteiger partial charge on any atom is 0.230 e. The van der Waals surface area contributed by atoms with Crippen LogP contribution < -0.4 is 5.73 Å². The van der Waals surface area contributed by atoms with E-state index in [1.807, 2.05) is 19.0 Å². The average molecular weight is 235 g/mol. The predicted octanol–water partition coefficient (Wildman–Crippen LogP) is 2.12. The molecule has 2 rings (SSSR count). The first-order valence-corrected chi connectivity index (χ1v) is 5.23. The zero-order valence-corrected chi connectivity index (χ0v) is 9.77. The third-order valence-corrected chi connectivity index (χ3v) is 2.40. The topological polar surface area (TPSA) is 55.3 Å². The first kappa shape index (κ1) is 11.6. The van der Waals surface area contributed by atoms with E-state index in [2.05, 4.69) is 5.16 Å². The Balaban J connectivity index is 2.51. The molecule has 1 aromatic heterocycles. The SMILES string of the molecule is CN(C)Cc1noc(N)c1-c1ccccc1F. The van der Waals surface area contributed by atoms with Crippen molar-refractivity contribution >= 4 is 5.88 Å². The molecule has 0 bridgehead atoms. The van der Waals surface area contributed by atoms with E-state index in [9.17, 15) is 4.39 Å². The molecule has 1 heterocycles. The van der Waals surface area contributed by atoms with Crippen molar-refractivity contribution in [1.29, 1.82) is 0 Å². The smallest absolute Gasteiger partial charge is 0.230 e. The molecule has 0 aliphatic carbocycles. The molecule has 0 aliphatic heterocycles. The lowest BCUT2D eigenvalue weighted by Gasteiger charge is -2.08. The van der Waals surface area contributed by atoms with Crippen molar-refractivity contribution in [2.45, 2.75) is 6.54 Å². The second-order valence-electron chi connectivity index (χ2n) is 4.09. The molecule has 5 heteroatoms. The number of rotatable bonds is 3. The molecule has 0 unspecified atom stereocenters. The molecule has 2 aromatic rings. The van der Waals surface area contributed by atoms with Crippen LogP contribution in [0.2, 0.25) is 0 Å². The zero-order valence-electron chi connectivity index (χ0n) is 9.77. The summed E-state index contributed by atoms with van der Waals surface area (Å²) in [5.74, 6) is -0.186. The van der Waals surface area contributed by atoms with Crippen LogP contribution in [0.25, 0.3) is 11.1 Å². The Morgan fingerprint density at radius 2 is 2.06 bits per heavy atom. The van der Waals surface area contributed by atoms with Gasteiger partial charge in [0.05, 0.1) is 5.56 Å².